The molecule has 2 N–H and O–H groups in total. The predicted molar refractivity (Wildman–Crippen MR) is 103 cm³/mol. The monoisotopic (exact) mass is 344 g/mol. The minimum atomic E-state index is 0.723. The Hall–Kier alpha value is -3.18. The fourth-order valence-corrected chi connectivity index (χ4v) is 3.06. The van der Waals surface area contributed by atoms with Gasteiger partial charge in [-0.2, -0.15) is 15.4 Å². The number of hydrogen-bond donors (Lipinski definition) is 2. The zero-order chi connectivity index (χ0) is 17.8. The fraction of sp³-hybridized carbons (Fsp3) is 0.143. The van der Waals surface area contributed by atoms with Gasteiger partial charge in [0, 0.05) is 18.7 Å². The number of ether oxygens (including phenoxy) is 1. The maximum absolute atomic E-state index is 5.52. The molecule has 0 spiro atoms. The van der Waals surface area contributed by atoms with Crippen molar-refractivity contribution in [3.63, 3.8) is 0 Å². The van der Waals surface area contributed by atoms with E-state index in [1.165, 1.54) is 16.7 Å². The molecule has 0 bridgehead atoms. The Morgan fingerprint density at radius 1 is 0.846 bits per heavy atom. The highest BCUT2D eigenvalue weighted by Gasteiger charge is 2.06. The standard InChI is InChI=1S/C21H20N4O/c1-26-21-10-8-17(16-5-3-2-4-6-16)12-18(21)14-22-13-15-7-9-19-20(11-15)24-25-23-19/h2-12,22H,13-14H2,1H3,(H,23,24,25). The second-order valence-electron chi connectivity index (χ2n) is 6.14. The summed E-state index contributed by atoms with van der Waals surface area (Å²) in [5.74, 6) is 0.893. The summed E-state index contributed by atoms with van der Waals surface area (Å²) in [6, 6.07) is 22.8. The van der Waals surface area contributed by atoms with E-state index in [0.29, 0.717) is 0 Å². The molecular weight excluding hydrogens is 324 g/mol. The second-order valence-corrected chi connectivity index (χ2v) is 6.14. The summed E-state index contributed by atoms with van der Waals surface area (Å²) in [5.41, 5.74) is 6.46. The van der Waals surface area contributed by atoms with Gasteiger partial charge in [-0.15, -0.1) is 0 Å². The molecule has 1 heterocycles. The first-order valence-corrected chi connectivity index (χ1v) is 8.56. The second kappa shape index (κ2) is 7.37. The van der Waals surface area contributed by atoms with Gasteiger partial charge in [-0.3, -0.25) is 0 Å². The van der Waals surface area contributed by atoms with Crippen LogP contribution in [-0.4, -0.2) is 22.5 Å². The van der Waals surface area contributed by atoms with Crippen LogP contribution in [0.4, 0.5) is 0 Å². The van der Waals surface area contributed by atoms with Crippen molar-refractivity contribution in [2.45, 2.75) is 13.1 Å². The van der Waals surface area contributed by atoms with Gasteiger partial charge in [0.15, 0.2) is 0 Å². The highest BCUT2D eigenvalue weighted by Crippen LogP contribution is 2.26. The number of methoxy groups -OCH3 is 1. The molecule has 26 heavy (non-hydrogen) atoms. The molecule has 0 aliphatic carbocycles. The van der Waals surface area contributed by atoms with Crippen molar-refractivity contribution < 1.29 is 4.74 Å². The number of aromatic nitrogens is 3. The van der Waals surface area contributed by atoms with Crippen LogP contribution in [0, 0.1) is 0 Å². The van der Waals surface area contributed by atoms with Gasteiger partial charge in [0.05, 0.1) is 7.11 Å². The molecule has 0 aliphatic heterocycles. The van der Waals surface area contributed by atoms with Crippen LogP contribution in [0.1, 0.15) is 11.1 Å². The van der Waals surface area contributed by atoms with E-state index in [-0.39, 0.29) is 0 Å². The molecule has 0 amide bonds. The van der Waals surface area contributed by atoms with Crippen LogP contribution in [0.3, 0.4) is 0 Å². The molecule has 5 nitrogen and oxygen atoms in total. The van der Waals surface area contributed by atoms with Crippen molar-refractivity contribution in [1.29, 1.82) is 0 Å². The van der Waals surface area contributed by atoms with E-state index in [0.717, 1.165) is 35.4 Å². The molecule has 0 aliphatic rings. The molecule has 1 aromatic heterocycles. The zero-order valence-corrected chi connectivity index (χ0v) is 14.6. The number of hydrogen-bond acceptors (Lipinski definition) is 4. The van der Waals surface area contributed by atoms with Crippen LogP contribution in [0.5, 0.6) is 5.75 Å². The Morgan fingerprint density at radius 3 is 2.54 bits per heavy atom. The minimum Gasteiger partial charge on any atom is -0.496 e. The molecule has 4 rings (SSSR count). The van der Waals surface area contributed by atoms with Crippen LogP contribution in [0.2, 0.25) is 0 Å². The van der Waals surface area contributed by atoms with E-state index in [1.54, 1.807) is 7.11 Å². The van der Waals surface area contributed by atoms with Crippen LogP contribution in [0.25, 0.3) is 22.2 Å². The number of H-pyrrole nitrogens is 1. The number of nitrogens with one attached hydrogen (secondary N) is 2. The van der Waals surface area contributed by atoms with E-state index in [2.05, 4.69) is 63.2 Å². The van der Waals surface area contributed by atoms with Crippen molar-refractivity contribution in [2.75, 3.05) is 7.11 Å². The third-order valence-corrected chi connectivity index (χ3v) is 4.41. The number of benzene rings is 3. The van der Waals surface area contributed by atoms with Crippen LogP contribution in [0.15, 0.2) is 66.7 Å². The lowest BCUT2D eigenvalue weighted by molar-refractivity contribution is 0.407. The Labute approximate surface area is 152 Å². The lowest BCUT2D eigenvalue weighted by atomic mass is 10.0. The van der Waals surface area contributed by atoms with E-state index in [4.69, 9.17) is 4.74 Å². The van der Waals surface area contributed by atoms with Crippen LogP contribution < -0.4 is 10.1 Å². The largest absolute Gasteiger partial charge is 0.496 e. The maximum atomic E-state index is 5.52. The third kappa shape index (κ3) is 3.43. The maximum Gasteiger partial charge on any atom is 0.123 e. The van der Waals surface area contributed by atoms with Crippen molar-refractivity contribution in [1.82, 2.24) is 20.7 Å². The average molecular weight is 344 g/mol. The molecule has 0 saturated carbocycles. The van der Waals surface area contributed by atoms with Gasteiger partial charge < -0.3 is 10.1 Å². The Morgan fingerprint density at radius 2 is 1.69 bits per heavy atom. The van der Waals surface area contributed by atoms with Gasteiger partial charge >= 0.3 is 0 Å². The Balaban J connectivity index is 1.49. The van der Waals surface area contributed by atoms with Gasteiger partial charge in [-0.1, -0.05) is 42.5 Å². The number of fused-ring (bicyclic) bond motifs is 1. The smallest absolute Gasteiger partial charge is 0.123 e. The number of nitrogens with zero attached hydrogens (tertiary/aromatic N) is 2. The average Bonchev–Trinajstić information content (AvgIpc) is 3.16. The number of rotatable bonds is 6. The lowest BCUT2D eigenvalue weighted by Crippen LogP contribution is -2.13. The molecule has 0 atom stereocenters. The van der Waals surface area contributed by atoms with Gasteiger partial charge in [0.2, 0.25) is 0 Å². The molecule has 0 radical (unpaired) electrons. The van der Waals surface area contributed by atoms with Crippen molar-refractivity contribution >= 4 is 11.0 Å². The van der Waals surface area contributed by atoms with Gasteiger partial charge in [0.25, 0.3) is 0 Å². The van der Waals surface area contributed by atoms with E-state index < -0.39 is 0 Å². The summed E-state index contributed by atoms with van der Waals surface area (Å²) in [6.45, 7) is 1.47. The molecule has 130 valence electrons. The summed E-state index contributed by atoms with van der Waals surface area (Å²) in [6.07, 6.45) is 0. The molecular formula is C21H20N4O. The van der Waals surface area contributed by atoms with Gasteiger partial charge in [-0.25, -0.2) is 0 Å². The molecule has 5 heteroatoms. The summed E-state index contributed by atoms with van der Waals surface area (Å²) >= 11 is 0. The summed E-state index contributed by atoms with van der Waals surface area (Å²) in [4.78, 5) is 0. The molecule has 0 saturated heterocycles. The first kappa shape index (κ1) is 16.3. The van der Waals surface area contributed by atoms with Gasteiger partial charge in [-0.05, 0) is 41.0 Å². The zero-order valence-electron chi connectivity index (χ0n) is 14.6. The van der Waals surface area contributed by atoms with Gasteiger partial charge in [0.1, 0.15) is 16.8 Å². The summed E-state index contributed by atoms with van der Waals surface area (Å²) < 4.78 is 5.52. The van der Waals surface area contributed by atoms with E-state index in [1.807, 2.05) is 24.3 Å². The predicted octanol–water partition coefficient (Wildman–Crippen LogP) is 3.92. The first-order valence-electron chi connectivity index (χ1n) is 8.56. The number of aromatic amines is 1. The lowest BCUT2D eigenvalue weighted by Gasteiger charge is -2.12. The SMILES string of the molecule is COc1ccc(-c2ccccc2)cc1CNCc1ccc2n[nH]nc2c1. The van der Waals surface area contributed by atoms with Crippen molar-refractivity contribution in [3.05, 3.63) is 77.9 Å². The fourth-order valence-electron chi connectivity index (χ4n) is 3.06. The molecule has 0 unspecified atom stereocenters. The Kier molecular flexibility index (Phi) is 4.62. The normalized spacial score (nSPS) is 11.0. The topological polar surface area (TPSA) is 62.8 Å². The third-order valence-electron chi connectivity index (χ3n) is 4.41. The molecule has 0 fully saturated rings. The quantitative estimate of drug-likeness (QED) is 0.556. The van der Waals surface area contributed by atoms with Crippen LogP contribution >= 0.6 is 0 Å². The Bertz CT molecular complexity index is 1010. The van der Waals surface area contributed by atoms with Crippen molar-refractivity contribution in [2.24, 2.45) is 0 Å². The molecule has 3 aromatic carbocycles. The molecule has 4 aromatic rings. The first-order chi connectivity index (χ1) is 12.8. The van der Waals surface area contributed by atoms with Crippen LogP contribution in [-0.2, 0) is 13.1 Å². The highest BCUT2D eigenvalue weighted by atomic mass is 16.5. The highest BCUT2D eigenvalue weighted by molar-refractivity contribution is 5.74. The van der Waals surface area contributed by atoms with E-state index >= 15 is 0 Å². The minimum absolute atomic E-state index is 0.723. The summed E-state index contributed by atoms with van der Waals surface area (Å²) in [7, 11) is 1.71. The van der Waals surface area contributed by atoms with E-state index in [9.17, 15) is 0 Å². The van der Waals surface area contributed by atoms with Crippen molar-refractivity contribution in [3.8, 4) is 16.9 Å². The summed E-state index contributed by atoms with van der Waals surface area (Å²) in [5, 5.41) is 14.3.